The molecule has 0 saturated heterocycles. The molecular weight excluding hydrogens is 411 g/mol. The molecule has 0 aliphatic carbocycles. The lowest BCUT2D eigenvalue weighted by molar-refractivity contribution is -0.135. The molecule has 0 aromatic heterocycles. The number of esters is 1. The van der Waals surface area contributed by atoms with Crippen molar-refractivity contribution in [1.29, 1.82) is 0 Å². The van der Waals surface area contributed by atoms with Crippen molar-refractivity contribution in [3.8, 4) is 11.5 Å². The summed E-state index contributed by atoms with van der Waals surface area (Å²) in [5.41, 5.74) is 4.38. The molecule has 0 bridgehead atoms. The molecule has 28 heavy (non-hydrogen) atoms. The Hall–Kier alpha value is -2.97. The minimum atomic E-state index is -0.939. The standard InChI is InChI=1S/C18H14Cl2N2O6/c19-10-5-6-11(12(20)7-10)18(25)27-9-16(23)21-22-17(24)15-8-26-13-3-1-2-4-14(13)28-15/h1-7,15H,8-9H2,(H,21,23)(H,22,24). The Labute approximate surface area is 169 Å². The van der Waals surface area contributed by atoms with Crippen LogP contribution in [0.25, 0.3) is 0 Å². The molecule has 1 atom stereocenters. The van der Waals surface area contributed by atoms with Gasteiger partial charge in [0.1, 0.15) is 6.61 Å². The largest absolute Gasteiger partial charge is 0.485 e. The second kappa shape index (κ2) is 8.81. The van der Waals surface area contributed by atoms with Crippen molar-refractivity contribution in [2.75, 3.05) is 13.2 Å². The van der Waals surface area contributed by atoms with E-state index in [-0.39, 0.29) is 17.2 Å². The van der Waals surface area contributed by atoms with Gasteiger partial charge >= 0.3 is 5.97 Å². The van der Waals surface area contributed by atoms with E-state index in [2.05, 4.69) is 10.9 Å². The first-order valence-corrected chi connectivity index (χ1v) is 8.79. The van der Waals surface area contributed by atoms with E-state index < -0.39 is 30.5 Å². The van der Waals surface area contributed by atoms with Gasteiger partial charge in [-0.05, 0) is 30.3 Å². The van der Waals surface area contributed by atoms with Crippen molar-refractivity contribution in [3.63, 3.8) is 0 Å². The molecule has 1 unspecified atom stereocenters. The molecule has 8 nitrogen and oxygen atoms in total. The lowest BCUT2D eigenvalue weighted by Gasteiger charge is -2.25. The van der Waals surface area contributed by atoms with Gasteiger partial charge in [0.2, 0.25) is 6.10 Å². The number of benzene rings is 2. The van der Waals surface area contributed by atoms with Gasteiger partial charge in [-0.3, -0.25) is 20.4 Å². The number of hydrazine groups is 1. The van der Waals surface area contributed by atoms with Crippen molar-refractivity contribution >= 4 is 41.0 Å². The third-order valence-corrected chi connectivity index (χ3v) is 4.16. The predicted octanol–water partition coefficient (Wildman–Crippen LogP) is 2.14. The third kappa shape index (κ3) is 4.85. The first-order valence-electron chi connectivity index (χ1n) is 8.03. The van der Waals surface area contributed by atoms with Crippen LogP contribution in [0.1, 0.15) is 10.4 Å². The van der Waals surface area contributed by atoms with Crippen LogP contribution in [0.15, 0.2) is 42.5 Å². The average Bonchev–Trinajstić information content (AvgIpc) is 2.69. The molecule has 146 valence electrons. The zero-order valence-corrected chi connectivity index (χ0v) is 15.8. The van der Waals surface area contributed by atoms with Crippen LogP contribution in [0.4, 0.5) is 0 Å². The molecule has 2 N–H and O–H groups in total. The van der Waals surface area contributed by atoms with E-state index in [1.54, 1.807) is 24.3 Å². The maximum Gasteiger partial charge on any atom is 0.340 e. The molecule has 1 aliphatic heterocycles. The van der Waals surface area contributed by atoms with E-state index in [4.69, 9.17) is 37.4 Å². The number of rotatable bonds is 4. The summed E-state index contributed by atoms with van der Waals surface area (Å²) < 4.78 is 15.8. The summed E-state index contributed by atoms with van der Waals surface area (Å²) in [6.07, 6.45) is -0.939. The van der Waals surface area contributed by atoms with Gasteiger partial charge in [0.15, 0.2) is 18.1 Å². The number of hydrogen-bond acceptors (Lipinski definition) is 6. The highest BCUT2D eigenvalue weighted by Gasteiger charge is 2.27. The zero-order chi connectivity index (χ0) is 20.1. The third-order valence-electron chi connectivity index (χ3n) is 3.61. The number of carbonyl (C=O) groups excluding carboxylic acids is 3. The van der Waals surface area contributed by atoms with Gasteiger partial charge in [-0.25, -0.2) is 4.79 Å². The van der Waals surface area contributed by atoms with Crippen LogP contribution in [0, 0.1) is 0 Å². The van der Waals surface area contributed by atoms with Crippen LogP contribution >= 0.6 is 23.2 Å². The lowest BCUT2D eigenvalue weighted by atomic mass is 10.2. The Morgan fingerprint density at radius 1 is 1.07 bits per heavy atom. The lowest BCUT2D eigenvalue weighted by Crippen LogP contribution is -2.51. The summed E-state index contributed by atoms with van der Waals surface area (Å²) in [6, 6.07) is 11.1. The van der Waals surface area contributed by atoms with Gasteiger partial charge in [0.05, 0.1) is 10.6 Å². The summed E-state index contributed by atoms with van der Waals surface area (Å²) >= 11 is 11.6. The molecule has 2 amide bonds. The zero-order valence-electron chi connectivity index (χ0n) is 14.2. The molecule has 1 aliphatic rings. The Balaban J connectivity index is 1.44. The normalized spacial score (nSPS) is 14.7. The first kappa shape index (κ1) is 19.8. The highest BCUT2D eigenvalue weighted by molar-refractivity contribution is 6.36. The first-order chi connectivity index (χ1) is 13.4. The smallest absolute Gasteiger partial charge is 0.340 e. The second-order valence-electron chi connectivity index (χ2n) is 5.60. The molecule has 10 heteroatoms. The van der Waals surface area contributed by atoms with E-state index in [9.17, 15) is 14.4 Å². The maximum absolute atomic E-state index is 12.1. The minimum absolute atomic E-state index is 0.0111. The number of fused-ring (bicyclic) bond motifs is 1. The van der Waals surface area contributed by atoms with Crippen LogP contribution in [0.3, 0.4) is 0 Å². The second-order valence-corrected chi connectivity index (χ2v) is 6.45. The van der Waals surface area contributed by atoms with Crippen molar-refractivity contribution in [2.24, 2.45) is 0 Å². The molecule has 3 rings (SSSR count). The number of carbonyl (C=O) groups is 3. The number of para-hydroxylation sites is 2. The summed E-state index contributed by atoms with van der Waals surface area (Å²) in [7, 11) is 0. The van der Waals surface area contributed by atoms with Crippen LogP contribution in [-0.4, -0.2) is 37.1 Å². The van der Waals surface area contributed by atoms with E-state index >= 15 is 0 Å². The molecule has 0 fully saturated rings. The van der Waals surface area contributed by atoms with Gasteiger partial charge in [-0.2, -0.15) is 0 Å². The van der Waals surface area contributed by atoms with Gasteiger partial charge in [-0.1, -0.05) is 35.3 Å². The molecule has 1 heterocycles. The van der Waals surface area contributed by atoms with Crippen LogP contribution in [-0.2, 0) is 14.3 Å². The van der Waals surface area contributed by atoms with E-state index in [1.165, 1.54) is 18.2 Å². The maximum atomic E-state index is 12.1. The Morgan fingerprint density at radius 3 is 2.57 bits per heavy atom. The van der Waals surface area contributed by atoms with Crippen molar-refractivity contribution in [1.82, 2.24) is 10.9 Å². The van der Waals surface area contributed by atoms with Gasteiger partial charge < -0.3 is 14.2 Å². The van der Waals surface area contributed by atoms with Crippen molar-refractivity contribution in [3.05, 3.63) is 58.1 Å². The van der Waals surface area contributed by atoms with Gasteiger partial charge in [0, 0.05) is 5.02 Å². The fourth-order valence-electron chi connectivity index (χ4n) is 2.26. The summed E-state index contributed by atoms with van der Waals surface area (Å²) in [6.45, 7) is -0.633. The number of nitrogens with one attached hydrogen (secondary N) is 2. The minimum Gasteiger partial charge on any atom is -0.485 e. The number of halogens is 2. The monoisotopic (exact) mass is 424 g/mol. The number of ether oxygens (including phenoxy) is 3. The van der Waals surface area contributed by atoms with Crippen molar-refractivity contribution in [2.45, 2.75) is 6.10 Å². The SMILES string of the molecule is O=C(COC(=O)c1ccc(Cl)cc1Cl)NNC(=O)C1COc2ccccc2O1. The highest BCUT2D eigenvalue weighted by Crippen LogP contribution is 2.30. The van der Waals surface area contributed by atoms with Crippen LogP contribution in [0.2, 0.25) is 10.0 Å². The van der Waals surface area contributed by atoms with Gasteiger partial charge in [0.25, 0.3) is 11.8 Å². The molecular formula is C18H14Cl2N2O6. The Bertz CT molecular complexity index is 921. The molecule has 0 radical (unpaired) electrons. The fraction of sp³-hybridized carbons (Fsp3) is 0.167. The quantitative estimate of drug-likeness (QED) is 0.575. The highest BCUT2D eigenvalue weighted by atomic mass is 35.5. The number of hydrogen-bond donors (Lipinski definition) is 2. The van der Waals surface area contributed by atoms with Crippen molar-refractivity contribution < 1.29 is 28.6 Å². The molecule has 0 spiro atoms. The Morgan fingerprint density at radius 2 is 1.82 bits per heavy atom. The molecule has 0 saturated carbocycles. The van der Waals surface area contributed by atoms with Gasteiger partial charge in [-0.15, -0.1) is 0 Å². The molecule has 2 aromatic carbocycles. The van der Waals surface area contributed by atoms with E-state index in [1.807, 2.05) is 0 Å². The summed E-state index contributed by atoms with van der Waals surface area (Å²) in [5, 5.41) is 0.458. The summed E-state index contributed by atoms with van der Waals surface area (Å²) in [4.78, 5) is 35.8. The topological polar surface area (TPSA) is 103 Å². The van der Waals surface area contributed by atoms with Crippen LogP contribution in [0.5, 0.6) is 11.5 Å². The van der Waals surface area contributed by atoms with Crippen LogP contribution < -0.4 is 20.3 Å². The van der Waals surface area contributed by atoms with E-state index in [0.29, 0.717) is 16.5 Å². The van der Waals surface area contributed by atoms with E-state index in [0.717, 1.165) is 0 Å². The number of amides is 2. The average molecular weight is 425 g/mol. The fourth-order valence-corrected chi connectivity index (χ4v) is 2.75. The predicted molar refractivity (Wildman–Crippen MR) is 99.4 cm³/mol. The molecule has 2 aromatic rings. The summed E-state index contributed by atoms with van der Waals surface area (Å²) in [5.74, 6) is -1.21. The Kier molecular flexibility index (Phi) is 6.23.